The number of nitrogen functional groups attached to an aromatic ring is 1. The maximum Gasteiger partial charge on any atom is 0.251 e. The predicted molar refractivity (Wildman–Crippen MR) is 82.7 cm³/mol. The van der Waals surface area contributed by atoms with Crippen LogP contribution in [0.25, 0.3) is 0 Å². The van der Waals surface area contributed by atoms with E-state index >= 15 is 0 Å². The number of hydrogen-bond acceptors (Lipinski definition) is 4. The first-order valence-corrected chi connectivity index (χ1v) is 7.12. The third-order valence-electron chi connectivity index (χ3n) is 3.34. The highest BCUT2D eigenvalue weighted by Gasteiger charge is 2.07. The number of nitrogens with one attached hydrogen (secondary N) is 1. The summed E-state index contributed by atoms with van der Waals surface area (Å²) in [5.74, 6) is 0.299. The van der Waals surface area contributed by atoms with Crippen LogP contribution in [-0.4, -0.2) is 42.0 Å². The van der Waals surface area contributed by atoms with E-state index < -0.39 is 0 Å². The lowest BCUT2D eigenvalue weighted by molar-refractivity contribution is 0.0952. The number of hydrogen-bond donors (Lipinski definition) is 2. The second-order valence-corrected chi connectivity index (χ2v) is 5.46. The molecule has 0 bridgehead atoms. The lowest BCUT2D eigenvalue weighted by atomic mass is 10.2. The van der Waals surface area contributed by atoms with Gasteiger partial charge in [0.1, 0.15) is 5.82 Å². The number of carbonyl (C=O) groups is 1. The molecule has 112 valence electrons. The highest BCUT2D eigenvalue weighted by molar-refractivity contribution is 5.94. The summed E-state index contributed by atoms with van der Waals surface area (Å²) < 4.78 is 0. The van der Waals surface area contributed by atoms with E-state index in [0.717, 1.165) is 25.1 Å². The average Bonchev–Trinajstić information content (AvgIpc) is 2.36. The number of aromatic nitrogens is 1. The van der Waals surface area contributed by atoms with Gasteiger partial charge in [0, 0.05) is 23.8 Å². The topological polar surface area (TPSA) is 71.2 Å². The Labute approximate surface area is 121 Å². The van der Waals surface area contributed by atoms with Crippen molar-refractivity contribution >= 4 is 11.7 Å². The van der Waals surface area contributed by atoms with Gasteiger partial charge < -0.3 is 16.0 Å². The van der Waals surface area contributed by atoms with Gasteiger partial charge in [-0.15, -0.1) is 0 Å². The molecule has 0 fully saturated rings. The highest BCUT2D eigenvalue weighted by atomic mass is 16.1. The number of nitrogens with zero attached hydrogens (tertiary/aromatic N) is 2. The fraction of sp³-hybridized carbons (Fsp3) is 0.600. The van der Waals surface area contributed by atoms with E-state index in [4.69, 9.17) is 5.73 Å². The van der Waals surface area contributed by atoms with Gasteiger partial charge in [0.05, 0.1) is 0 Å². The van der Waals surface area contributed by atoms with Gasteiger partial charge in [0.25, 0.3) is 5.91 Å². The Bertz CT molecular complexity index is 425. The standard InChI is InChI=1S/C15H26N4O/c1-11(2)19(4)8-6-5-7-17-15(20)13-9-12(3)18-14(16)10-13/h9-11H,5-8H2,1-4H3,(H2,16,18)(H,17,20). The van der Waals surface area contributed by atoms with Crippen molar-refractivity contribution in [1.29, 1.82) is 0 Å². The number of carbonyl (C=O) groups excluding carboxylic acids is 1. The Morgan fingerprint density at radius 2 is 2.10 bits per heavy atom. The van der Waals surface area contributed by atoms with Gasteiger partial charge in [-0.05, 0) is 59.3 Å². The Balaban J connectivity index is 2.30. The van der Waals surface area contributed by atoms with Crippen LogP contribution in [0.4, 0.5) is 5.82 Å². The van der Waals surface area contributed by atoms with Crippen molar-refractivity contribution in [2.24, 2.45) is 0 Å². The quantitative estimate of drug-likeness (QED) is 0.746. The number of anilines is 1. The largest absolute Gasteiger partial charge is 0.384 e. The van der Waals surface area contributed by atoms with E-state index in [1.54, 1.807) is 12.1 Å². The monoisotopic (exact) mass is 278 g/mol. The van der Waals surface area contributed by atoms with Crippen LogP contribution in [0, 0.1) is 6.92 Å². The Kier molecular flexibility index (Phi) is 6.45. The first-order chi connectivity index (χ1) is 9.40. The minimum absolute atomic E-state index is 0.0839. The molecule has 20 heavy (non-hydrogen) atoms. The van der Waals surface area contributed by atoms with E-state index in [9.17, 15) is 4.79 Å². The van der Waals surface area contributed by atoms with Gasteiger partial charge in [-0.2, -0.15) is 0 Å². The summed E-state index contributed by atoms with van der Waals surface area (Å²) in [5.41, 5.74) is 6.97. The number of rotatable bonds is 7. The first kappa shape index (κ1) is 16.4. The molecular weight excluding hydrogens is 252 g/mol. The van der Waals surface area contributed by atoms with E-state index in [0.29, 0.717) is 24.0 Å². The maximum absolute atomic E-state index is 11.9. The minimum atomic E-state index is -0.0839. The SMILES string of the molecule is Cc1cc(C(=O)NCCCCN(C)C(C)C)cc(N)n1. The predicted octanol–water partition coefficient (Wildman–Crippen LogP) is 1.82. The Morgan fingerprint density at radius 3 is 2.70 bits per heavy atom. The molecule has 0 spiro atoms. The van der Waals surface area contributed by atoms with Gasteiger partial charge >= 0.3 is 0 Å². The third-order valence-corrected chi connectivity index (χ3v) is 3.34. The lowest BCUT2D eigenvalue weighted by Gasteiger charge is -2.20. The normalized spacial score (nSPS) is 11.1. The van der Waals surface area contributed by atoms with Gasteiger partial charge in [0.2, 0.25) is 0 Å². The molecular formula is C15H26N4O. The van der Waals surface area contributed by atoms with E-state index in [-0.39, 0.29) is 5.91 Å². The minimum Gasteiger partial charge on any atom is -0.384 e. The smallest absolute Gasteiger partial charge is 0.251 e. The second-order valence-electron chi connectivity index (χ2n) is 5.46. The molecule has 0 saturated heterocycles. The summed E-state index contributed by atoms with van der Waals surface area (Å²) in [4.78, 5) is 18.3. The molecule has 0 radical (unpaired) electrons. The average molecular weight is 278 g/mol. The molecule has 0 aliphatic carbocycles. The third kappa shape index (κ3) is 5.57. The number of pyridine rings is 1. The summed E-state index contributed by atoms with van der Waals surface area (Å²) in [6.45, 7) is 7.92. The molecule has 0 aliphatic heterocycles. The summed E-state index contributed by atoms with van der Waals surface area (Å²) in [6, 6.07) is 3.92. The second kappa shape index (κ2) is 7.85. The Hall–Kier alpha value is -1.62. The molecule has 5 nitrogen and oxygen atoms in total. The number of amides is 1. The summed E-state index contributed by atoms with van der Waals surface area (Å²) in [6.07, 6.45) is 2.05. The fourth-order valence-electron chi connectivity index (χ4n) is 1.87. The van der Waals surface area contributed by atoms with Crippen LogP contribution in [0.3, 0.4) is 0 Å². The van der Waals surface area contributed by atoms with Gasteiger partial charge in [-0.25, -0.2) is 4.98 Å². The van der Waals surface area contributed by atoms with Crippen molar-refractivity contribution in [3.63, 3.8) is 0 Å². The van der Waals surface area contributed by atoms with Crippen LogP contribution in [0.1, 0.15) is 42.7 Å². The zero-order valence-electron chi connectivity index (χ0n) is 12.9. The van der Waals surface area contributed by atoms with Gasteiger partial charge in [-0.1, -0.05) is 0 Å². The van der Waals surface area contributed by atoms with Crippen molar-refractivity contribution in [3.8, 4) is 0 Å². The van der Waals surface area contributed by atoms with Crippen molar-refractivity contribution in [1.82, 2.24) is 15.2 Å². The number of nitrogens with two attached hydrogens (primary N) is 1. The maximum atomic E-state index is 11.9. The van der Waals surface area contributed by atoms with Gasteiger partial charge in [-0.3, -0.25) is 4.79 Å². The molecule has 0 aliphatic rings. The van der Waals surface area contributed by atoms with Crippen LogP contribution in [0.5, 0.6) is 0 Å². The molecule has 1 amide bonds. The van der Waals surface area contributed by atoms with E-state index in [1.807, 2.05) is 6.92 Å². The van der Waals surface area contributed by atoms with Crippen molar-refractivity contribution in [3.05, 3.63) is 23.4 Å². The summed E-state index contributed by atoms with van der Waals surface area (Å²) in [5, 5.41) is 2.92. The van der Waals surface area contributed by atoms with Crippen LogP contribution in [0.2, 0.25) is 0 Å². The molecule has 0 atom stereocenters. The molecule has 0 unspecified atom stereocenters. The fourth-order valence-corrected chi connectivity index (χ4v) is 1.87. The van der Waals surface area contributed by atoms with Crippen LogP contribution >= 0.6 is 0 Å². The molecule has 0 aromatic carbocycles. The van der Waals surface area contributed by atoms with Crippen molar-refractivity contribution in [2.45, 2.75) is 39.7 Å². The van der Waals surface area contributed by atoms with Crippen LogP contribution < -0.4 is 11.1 Å². The van der Waals surface area contributed by atoms with E-state index in [1.165, 1.54) is 0 Å². The molecule has 0 saturated carbocycles. The van der Waals surface area contributed by atoms with Crippen molar-refractivity contribution in [2.75, 3.05) is 25.9 Å². The van der Waals surface area contributed by atoms with Crippen LogP contribution in [0.15, 0.2) is 12.1 Å². The number of unbranched alkanes of at least 4 members (excludes halogenated alkanes) is 1. The molecule has 1 rings (SSSR count). The van der Waals surface area contributed by atoms with Gasteiger partial charge in [0.15, 0.2) is 0 Å². The van der Waals surface area contributed by atoms with E-state index in [2.05, 4.69) is 36.1 Å². The van der Waals surface area contributed by atoms with Crippen LogP contribution in [-0.2, 0) is 0 Å². The van der Waals surface area contributed by atoms with Crippen molar-refractivity contribution < 1.29 is 4.79 Å². The molecule has 3 N–H and O–H groups in total. The molecule has 5 heteroatoms. The zero-order valence-corrected chi connectivity index (χ0v) is 12.9. The molecule has 1 heterocycles. The Morgan fingerprint density at radius 1 is 1.40 bits per heavy atom. The first-order valence-electron chi connectivity index (χ1n) is 7.12. The lowest BCUT2D eigenvalue weighted by Crippen LogP contribution is -2.29. The summed E-state index contributed by atoms with van der Waals surface area (Å²) in [7, 11) is 2.12. The molecule has 1 aromatic heterocycles. The molecule has 1 aromatic rings. The zero-order chi connectivity index (χ0) is 15.1. The number of aryl methyl sites for hydroxylation is 1. The highest BCUT2D eigenvalue weighted by Crippen LogP contribution is 2.07. The summed E-state index contributed by atoms with van der Waals surface area (Å²) >= 11 is 0.